The lowest BCUT2D eigenvalue weighted by atomic mass is 10.4. The van der Waals surface area contributed by atoms with Crippen LogP contribution in [-0.4, -0.2) is 9.77 Å². The molecule has 0 N–H and O–H groups in total. The zero-order valence-electron chi connectivity index (χ0n) is 4.88. The molecule has 0 radical (unpaired) electrons. The van der Waals surface area contributed by atoms with Gasteiger partial charge in [0.15, 0.2) is 12.0 Å². The number of hydrogen-bond acceptors (Lipinski definition) is 1. The summed E-state index contributed by atoms with van der Waals surface area (Å²) in [6, 6.07) is 0. The van der Waals surface area contributed by atoms with Crippen LogP contribution in [0, 0.1) is 0 Å². The maximum atomic E-state index is 12.2. The summed E-state index contributed by atoms with van der Waals surface area (Å²) in [5, 5.41) is 0. The van der Waals surface area contributed by atoms with E-state index in [-0.39, 0.29) is 10.6 Å². The fourth-order valence-electron chi connectivity index (χ4n) is 0.572. The van der Waals surface area contributed by atoms with Gasteiger partial charge in [-0.15, -0.1) is 0 Å². The highest BCUT2D eigenvalue weighted by Crippen LogP contribution is 2.12. The molecule has 0 aliphatic carbocycles. The van der Waals surface area contributed by atoms with Gasteiger partial charge in [0.1, 0.15) is 0 Å². The highest BCUT2D eigenvalue weighted by atomic mass is 19.2. The smallest absolute Gasteiger partial charge is 0.173 e. The van der Waals surface area contributed by atoms with Crippen molar-refractivity contribution >= 4 is 0 Å². The van der Waals surface area contributed by atoms with Crippen LogP contribution in [0.5, 0.6) is 0 Å². The van der Waals surface area contributed by atoms with Crippen LogP contribution in [0.3, 0.4) is 0 Å². The minimum absolute atomic E-state index is 0.171. The van der Waals surface area contributed by atoms with Gasteiger partial charge >= 0.3 is 0 Å². The second-order valence-electron chi connectivity index (χ2n) is 1.71. The van der Waals surface area contributed by atoms with E-state index >= 15 is 0 Å². The lowest BCUT2D eigenvalue weighted by Crippen LogP contribution is -1.93. The Balaban J connectivity index is 2.94. The Morgan fingerprint density at radius 3 is 2.67 bits per heavy atom. The van der Waals surface area contributed by atoms with Crippen molar-refractivity contribution in [3.05, 3.63) is 18.2 Å². The Morgan fingerprint density at radius 2 is 2.44 bits per heavy atom. The van der Waals surface area contributed by atoms with Crippen molar-refractivity contribution in [2.75, 3.05) is 0 Å². The average Bonchev–Trinajstić information content (AvgIpc) is 2.13. The molecular weight excluding hydrogens is 126 g/mol. The minimum atomic E-state index is -1.34. The normalized spacial score (nSPS) is 13.7. The van der Waals surface area contributed by atoms with Crippen molar-refractivity contribution in [3.63, 3.8) is 0 Å². The van der Waals surface area contributed by atoms with E-state index in [0.717, 1.165) is 6.20 Å². The topological polar surface area (TPSA) is 17.8 Å². The molecule has 0 saturated carbocycles. The summed E-state index contributed by atoms with van der Waals surface area (Å²) in [6.45, 7) is 1.23. The van der Waals surface area contributed by atoms with Crippen molar-refractivity contribution in [2.24, 2.45) is 0 Å². The first-order valence-corrected chi connectivity index (χ1v) is 2.55. The van der Waals surface area contributed by atoms with Crippen molar-refractivity contribution in [3.8, 4) is 0 Å². The zero-order chi connectivity index (χ0) is 6.85. The maximum absolute atomic E-state index is 12.2. The number of rotatable bonds is 1. The van der Waals surface area contributed by atoms with Crippen molar-refractivity contribution in [1.29, 1.82) is 0 Å². The van der Waals surface area contributed by atoms with E-state index in [1.165, 1.54) is 13.1 Å². The highest BCUT2D eigenvalue weighted by Gasteiger charge is 2.08. The second kappa shape index (κ2) is 2.13. The quantitative estimate of drug-likeness (QED) is 0.568. The van der Waals surface area contributed by atoms with Crippen LogP contribution in [0.25, 0.3) is 0 Å². The minimum Gasteiger partial charge on any atom is -0.239 e. The molecule has 0 aliphatic rings. The molecule has 0 bridgehead atoms. The van der Waals surface area contributed by atoms with E-state index in [0.29, 0.717) is 0 Å². The van der Waals surface area contributed by atoms with Gasteiger partial charge in [-0.25, -0.2) is 9.37 Å². The van der Waals surface area contributed by atoms with Gasteiger partial charge < -0.3 is 0 Å². The molecule has 0 fully saturated rings. The van der Waals surface area contributed by atoms with Crippen LogP contribution in [0.4, 0.5) is 8.87 Å². The van der Waals surface area contributed by atoms with E-state index in [2.05, 4.69) is 4.98 Å². The molecule has 9 heavy (non-hydrogen) atoms. The predicted octanol–water partition coefficient (Wildman–Crippen LogP) is 1.65. The van der Waals surface area contributed by atoms with Crippen LogP contribution < -0.4 is 0 Å². The second-order valence-corrected chi connectivity index (χ2v) is 1.71. The molecule has 0 spiro atoms. The fraction of sp³-hybridized carbons (Fsp3) is 0.400. The van der Waals surface area contributed by atoms with Crippen molar-refractivity contribution in [2.45, 2.75) is 13.1 Å². The van der Waals surface area contributed by atoms with Gasteiger partial charge in [0.05, 0.1) is 6.20 Å². The fourth-order valence-corrected chi connectivity index (χ4v) is 0.572. The summed E-state index contributed by atoms with van der Waals surface area (Å²) in [7, 11) is 0. The predicted molar refractivity (Wildman–Crippen MR) is 28.3 cm³/mol. The van der Waals surface area contributed by atoms with Crippen molar-refractivity contribution in [1.82, 2.24) is 9.77 Å². The standard InChI is InChI=1S/C5H6F2N2/c1-4(6)5-8-2-3-9(5)7/h2-4H,1H3. The summed E-state index contributed by atoms with van der Waals surface area (Å²) in [6.07, 6.45) is 0.932. The van der Waals surface area contributed by atoms with Gasteiger partial charge in [-0.1, -0.05) is 4.48 Å². The van der Waals surface area contributed by atoms with E-state index in [9.17, 15) is 8.87 Å². The first kappa shape index (κ1) is 6.19. The van der Waals surface area contributed by atoms with Gasteiger partial charge in [0.25, 0.3) is 0 Å². The molecule has 4 heteroatoms. The van der Waals surface area contributed by atoms with Gasteiger partial charge in [-0.2, -0.15) is 4.79 Å². The van der Waals surface area contributed by atoms with Gasteiger partial charge in [-0.05, 0) is 6.92 Å². The third-order valence-electron chi connectivity index (χ3n) is 0.979. The number of alkyl halides is 1. The molecule has 1 unspecified atom stereocenters. The van der Waals surface area contributed by atoms with Gasteiger partial charge in [0.2, 0.25) is 0 Å². The lowest BCUT2D eigenvalue weighted by molar-refractivity contribution is 0.280. The molecule has 1 heterocycles. The van der Waals surface area contributed by atoms with E-state index in [1.807, 2.05) is 0 Å². The van der Waals surface area contributed by atoms with E-state index < -0.39 is 6.17 Å². The molecule has 0 amide bonds. The Kier molecular flexibility index (Phi) is 1.46. The number of nitrogens with zero attached hydrogens (tertiary/aromatic N) is 2. The summed E-state index contributed by atoms with van der Waals surface area (Å²) in [4.78, 5) is 3.60. The van der Waals surface area contributed by atoms with Crippen LogP contribution in [0.1, 0.15) is 18.9 Å². The molecule has 1 aromatic rings. The lowest BCUT2D eigenvalue weighted by Gasteiger charge is -1.95. The van der Waals surface area contributed by atoms with Crippen molar-refractivity contribution < 1.29 is 8.87 Å². The summed E-state index contributed by atoms with van der Waals surface area (Å²) in [5.74, 6) is -0.185. The Morgan fingerprint density at radius 1 is 1.78 bits per heavy atom. The third kappa shape index (κ3) is 1.06. The average molecular weight is 132 g/mol. The number of aromatic nitrogens is 2. The molecule has 1 aromatic heterocycles. The monoisotopic (exact) mass is 132 g/mol. The number of imidazole rings is 1. The molecule has 50 valence electrons. The molecule has 1 rings (SSSR count). The summed E-state index contributed by atoms with van der Waals surface area (Å²) < 4.78 is 24.4. The molecular formula is C5H6F2N2. The molecule has 1 atom stereocenters. The van der Waals surface area contributed by atoms with Crippen LogP contribution in [0.15, 0.2) is 12.4 Å². The Bertz CT molecular complexity index is 195. The van der Waals surface area contributed by atoms with E-state index in [1.54, 1.807) is 0 Å². The molecule has 0 aromatic carbocycles. The van der Waals surface area contributed by atoms with E-state index in [4.69, 9.17) is 0 Å². The largest absolute Gasteiger partial charge is 0.239 e. The number of hydrogen-bond donors (Lipinski definition) is 0. The van der Waals surface area contributed by atoms with Gasteiger partial charge in [-0.3, -0.25) is 0 Å². The molecule has 2 nitrogen and oxygen atoms in total. The first-order chi connectivity index (χ1) is 4.22. The summed E-state index contributed by atoms with van der Waals surface area (Å²) in [5.41, 5.74) is 0. The zero-order valence-corrected chi connectivity index (χ0v) is 4.88. The SMILES string of the molecule is CC(F)c1nccn1F. The Hall–Kier alpha value is -0.930. The summed E-state index contributed by atoms with van der Waals surface area (Å²) >= 11 is 0. The van der Waals surface area contributed by atoms with Crippen LogP contribution in [0.2, 0.25) is 0 Å². The van der Waals surface area contributed by atoms with Crippen LogP contribution >= 0.6 is 0 Å². The third-order valence-corrected chi connectivity index (χ3v) is 0.979. The molecule has 0 aliphatic heterocycles. The molecule has 0 saturated heterocycles. The van der Waals surface area contributed by atoms with Gasteiger partial charge in [0, 0.05) is 6.20 Å². The van der Waals surface area contributed by atoms with Crippen LogP contribution in [-0.2, 0) is 0 Å². The number of halogens is 2. The highest BCUT2D eigenvalue weighted by molar-refractivity contribution is 4.91. The maximum Gasteiger partial charge on any atom is 0.173 e. The Labute approximate surface area is 51.1 Å². The first-order valence-electron chi connectivity index (χ1n) is 2.55.